The maximum absolute atomic E-state index is 11.9. The van der Waals surface area contributed by atoms with E-state index >= 15 is 0 Å². The summed E-state index contributed by atoms with van der Waals surface area (Å²) in [6.07, 6.45) is 2.36. The minimum absolute atomic E-state index is 0.111. The molecule has 1 heterocycles. The molecule has 0 bridgehead atoms. The molecule has 7 heteroatoms. The summed E-state index contributed by atoms with van der Waals surface area (Å²) in [5.74, 6) is 0.868. The van der Waals surface area contributed by atoms with Crippen molar-refractivity contribution in [2.24, 2.45) is 5.10 Å². The van der Waals surface area contributed by atoms with Crippen LogP contribution in [-0.2, 0) is 11.2 Å². The summed E-state index contributed by atoms with van der Waals surface area (Å²) in [6.45, 7) is 3.97. The van der Waals surface area contributed by atoms with Crippen molar-refractivity contribution in [2.45, 2.75) is 30.3 Å². The van der Waals surface area contributed by atoms with Crippen molar-refractivity contribution in [3.63, 3.8) is 0 Å². The number of nitrogens with zero attached hydrogens (tertiary/aromatic N) is 1. The van der Waals surface area contributed by atoms with E-state index < -0.39 is 0 Å². The Morgan fingerprint density at radius 3 is 2.76 bits per heavy atom. The third-order valence-corrected chi connectivity index (χ3v) is 5.08. The molecule has 0 fully saturated rings. The fourth-order valence-electron chi connectivity index (χ4n) is 2.54. The van der Waals surface area contributed by atoms with Crippen molar-refractivity contribution >= 4 is 35.5 Å². The first kappa shape index (κ1) is 21.0. The van der Waals surface area contributed by atoms with Crippen molar-refractivity contribution in [1.29, 1.82) is 0 Å². The number of carbonyl (C=O) groups excluding carboxylic acids is 1. The van der Waals surface area contributed by atoms with Crippen LogP contribution in [0.15, 0.2) is 74.1 Å². The summed E-state index contributed by atoms with van der Waals surface area (Å²) >= 11 is 7.36. The van der Waals surface area contributed by atoms with Gasteiger partial charge in [0.15, 0.2) is 11.7 Å². The number of hydrazone groups is 1. The van der Waals surface area contributed by atoms with Crippen LogP contribution in [-0.4, -0.2) is 18.7 Å². The lowest BCUT2D eigenvalue weighted by atomic mass is 10.1. The summed E-state index contributed by atoms with van der Waals surface area (Å²) < 4.78 is 11.2. The van der Waals surface area contributed by atoms with Crippen LogP contribution >= 0.6 is 23.4 Å². The molecule has 0 atom stereocenters. The smallest absolute Gasteiger partial charge is 0.277 e. The Morgan fingerprint density at radius 2 is 2.00 bits per heavy atom. The predicted molar refractivity (Wildman–Crippen MR) is 116 cm³/mol. The molecule has 0 saturated heterocycles. The van der Waals surface area contributed by atoms with Gasteiger partial charge in [0.2, 0.25) is 0 Å². The predicted octanol–water partition coefficient (Wildman–Crippen LogP) is 5.48. The number of hydrogen-bond acceptors (Lipinski definition) is 5. The Balaban J connectivity index is 1.47. The van der Waals surface area contributed by atoms with Crippen LogP contribution in [0.25, 0.3) is 0 Å². The van der Waals surface area contributed by atoms with Crippen LogP contribution in [0, 0.1) is 6.92 Å². The first-order valence-corrected chi connectivity index (χ1v) is 10.3. The van der Waals surface area contributed by atoms with Gasteiger partial charge in [-0.2, -0.15) is 5.10 Å². The number of nitrogens with one attached hydrogen (secondary N) is 1. The molecule has 0 spiro atoms. The normalized spacial score (nSPS) is 11.0. The van der Waals surface area contributed by atoms with E-state index in [1.165, 1.54) is 23.5 Å². The molecule has 2 aromatic carbocycles. The maximum atomic E-state index is 11.9. The molecule has 1 N–H and O–H groups in total. The Hall–Kier alpha value is -2.70. The van der Waals surface area contributed by atoms with Gasteiger partial charge in [-0.15, -0.1) is 0 Å². The summed E-state index contributed by atoms with van der Waals surface area (Å²) in [5.41, 5.74) is 4.70. The van der Waals surface area contributed by atoms with Gasteiger partial charge >= 0.3 is 0 Å². The minimum Gasteiger partial charge on any atom is -0.484 e. The molecule has 0 aliphatic carbocycles. The Labute approximate surface area is 179 Å². The standard InChI is InChI=1S/C22H21ClN2O3S/c1-3-16-10-15(2)11-19(12-16)27-14-21(26)25-24-13-18-6-9-22(28-18)29-20-7-4-17(23)5-8-20/h4-13H,3,14H2,1-2H3,(H,25,26)/b24-13+. The first-order valence-electron chi connectivity index (χ1n) is 9.10. The molecule has 1 aromatic heterocycles. The highest BCUT2D eigenvalue weighted by molar-refractivity contribution is 7.99. The van der Waals surface area contributed by atoms with Gasteiger partial charge < -0.3 is 9.15 Å². The molecule has 1 amide bonds. The molecule has 29 heavy (non-hydrogen) atoms. The van der Waals surface area contributed by atoms with Gasteiger partial charge in [0.05, 0.1) is 6.21 Å². The van der Waals surface area contributed by atoms with Crippen molar-refractivity contribution in [3.05, 3.63) is 76.5 Å². The van der Waals surface area contributed by atoms with Crippen molar-refractivity contribution in [3.8, 4) is 5.75 Å². The molecule has 150 valence electrons. The van der Waals surface area contributed by atoms with E-state index in [1.807, 2.05) is 49.4 Å². The summed E-state index contributed by atoms with van der Waals surface area (Å²) in [6, 6.07) is 17.0. The van der Waals surface area contributed by atoms with Crippen LogP contribution in [0.4, 0.5) is 0 Å². The van der Waals surface area contributed by atoms with E-state index in [2.05, 4.69) is 23.5 Å². The van der Waals surface area contributed by atoms with Gasteiger partial charge in [0.1, 0.15) is 11.5 Å². The van der Waals surface area contributed by atoms with E-state index in [1.54, 1.807) is 6.07 Å². The van der Waals surface area contributed by atoms with Crippen LogP contribution in [0.2, 0.25) is 5.02 Å². The number of aryl methyl sites for hydroxylation is 2. The second kappa shape index (κ2) is 10.2. The Bertz CT molecular complexity index is 1000. The number of benzene rings is 2. The lowest BCUT2D eigenvalue weighted by molar-refractivity contribution is -0.123. The van der Waals surface area contributed by atoms with Crippen molar-refractivity contribution < 1.29 is 13.9 Å². The molecular weight excluding hydrogens is 408 g/mol. The molecule has 0 unspecified atom stereocenters. The average Bonchev–Trinajstić information content (AvgIpc) is 3.15. The Morgan fingerprint density at radius 1 is 1.21 bits per heavy atom. The van der Waals surface area contributed by atoms with Gasteiger partial charge in [0, 0.05) is 9.92 Å². The van der Waals surface area contributed by atoms with E-state index in [9.17, 15) is 4.79 Å². The molecule has 5 nitrogen and oxygen atoms in total. The lowest BCUT2D eigenvalue weighted by Crippen LogP contribution is -2.24. The quantitative estimate of drug-likeness (QED) is 0.381. The molecular formula is C22H21ClN2O3S. The number of ether oxygens (including phenoxy) is 1. The number of amides is 1. The van der Waals surface area contributed by atoms with Crippen LogP contribution in [0.3, 0.4) is 0 Å². The second-order valence-electron chi connectivity index (χ2n) is 6.30. The molecule has 3 aromatic rings. The van der Waals surface area contributed by atoms with Gasteiger partial charge in [-0.3, -0.25) is 4.79 Å². The minimum atomic E-state index is -0.344. The number of rotatable bonds is 8. The maximum Gasteiger partial charge on any atom is 0.277 e. The molecule has 0 saturated carbocycles. The summed E-state index contributed by atoms with van der Waals surface area (Å²) in [7, 11) is 0. The summed E-state index contributed by atoms with van der Waals surface area (Å²) in [5, 5.41) is 5.32. The van der Waals surface area contributed by atoms with E-state index in [-0.39, 0.29) is 12.5 Å². The zero-order valence-electron chi connectivity index (χ0n) is 16.1. The van der Waals surface area contributed by atoms with E-state index in [0.29, 0.717) is 16.5 Å². The number of carbonyl (C=O) groups is 1. The SMILES string of the molecule is CCc1cc(C)cc(OCC(=O)N/N=C/c2ccc(Sc3ccc(Cl)cc3)o2)c1. The Kier molecular flexibility index (Phi) is 7.38. The molecule has 0 radical (unpaired) electrons. The largest absolute Gasteiger partial charge is 0.484 e. The number of furan rings is 1. The van der Waals surface area contributed by atoms with Crippen LogP contribution in [0.1, 0.15) is 23.8 Å². The second-order valence-corrected chi connectivity index (χ2v) is 7.82. The lowest BCUT2D eigenvalue weighted by Gasteiger charge is -2.08. The molecule has 0 aliphatic rings. The fourth-order valence-corrected chi connectivity index (χ4v) is 3.44. The van der Waals surface area contributed by atoms with Gasteiger partial charge in [-0.25, -0.2) is 5.43 Å². The third-order valence-electron chi connectivity index (χ3n) is 3.90. The van der Waals surface area contributed by atoms with Gasteiger partial charge in [-0.1, -0.05) is 36.4 Å². The third kappa shape index (κ3) is 6.69. The highest BCUT2D eigenvalue weighted by Crippen LogP contribution is 2.29. The summed E-state index contributed by atoms with van der Waals surface area (Å²) in [4.78, 5) is 12.9. The molecule has 0 aliphatic heterocycles. The van der Waals surface area contributed by atoms with Gasteiger partial charge in [0.25, 0.3) is 5.91 Å². The van der Waals surface area contributed by atoms with Gasteiger partial charge in [-0.05, 0) is 73.0 Å². The topological polar surface area (TPSA) is 63.8 Å². The zero-order valence-corrected chi connectivity index (χ0v) is 17.7. The van der Waals surface area contributed by atoms with Crippen molar-refractivity contribution in [1.82, 2.24) is 5.43 Å². The van der Waals surface area contributed by atoms with E-state index in [0.717, 1.165) is 22.0 Å². The van der Waals surface area contributed by atoms with Crippen molar-refractivity contribution in [2.75, 3.05) is 6.61 Å². The highest BCUT2D eigenvalue weighted by Gasteiger charge is 2.05. The van der Waals surface area contributed by atoms with E-state index in [4.69, 9.17) is 20.8 Å². The monoisotopic (exact) mass is 428 g/mol. The zero-order chi connectivity index (χ0) is 20.6. The first-order chi connectivity index (χ1) is 14.0. The fraction of sp³-hybridized carbons (Fsp3) is 0.182. The molecule has 3 rings (SSSR count). The van der Waals surface area contributed by atoms with Crippen LogP contribution in [0.5, 0.6) is 5.75 Å². The number of hydrogen-bond donors (Lipinski definition) is 1. The average molecular weight is 429 g/mol. The highest BCUT2D eigenvalue weighted by atomic mass is 35.5. The van der Waals surface area contributed by atoms with Crippen LogP contribution < -0.4 is 10.2 Å². The number of halogens is 1.